The standard InChI is InChI=1S/C17H17NO8/c1-10(24-11(2)19)16(22)25-15(12-6-4-3-5-7-12)17(23)26-18-13(20)8-9-14(18)21/h3-7,10,15H,8-9H2,1-2H3/t10-,15-/m0/s1. The number of benzene rings is 1. The van der Waals surface area contributed by atoms with E-state index in [1.54, 1.807) is 18.2 Å². The number of esters is 2. The summed E-state index contributed by atoms with van der Waals surface area (Å²) in [6.07, 6.45) is -2.92. The van der Waals surface area contributed by atoms with E-state index >= 15 is 0 Å². The first-order chi connectivity index (χ1) is 12.3. The largest absolute Gasteiger partial charge is 0.451 e. The maximum Gasteiger partial charge on any atom is 0.378 e. The fraction of sp³-hybridized carbons (Fsp3) is 0.353. The second-order valence-electron chi connectivity index (χ2n) is 5.47. The van der Waals surface area contributed by atoms with Crippen LogP contribution in [0.2, 0.25) is 0 Å². The minimum absolute atomic E-state index is 0.0641. The van der Waals surface area contributed by atoms with Gasteiger partial charge in [-0.05, 0) is 6.92 Å². The molecule has 1 saturated heterocycles. The summed E-state index contributed by atoms with van der Waals surface area (Å²) in [5.41, 5.74) is 0.264. The van der Waals surface area contributed by atoms with Crippen molar-refractivity contribution in [2.75, 3.05) is 0 Å². The molecule has 0 aromatic heterocycles. The van der Waals surface area contributed by atoms with Crippen molar-refractivity contribution in [2.45, 2.75) is 38.9 Å². The Morgan fingerprint density at radius 1 is 0.962 bits per heavy atom. The van der Waals surface area contributed by atoms with Crippen LogP contribution in [0.4, 0.5) is 0 Å². The summed E-state index contributed by atoms with van der Waals surface area (Å²) in [7, 11) is 0. The van der Waals surface area contributed by atoms with Crippen LogP contribution in [-0.4, -0.2) is 40.9 Å². The molecule has 0 saturated carbocycles. The van der Waals surface area contributed by atoms with Crippen molar-refractivity contribution in [3.8, 4) is 0 Å². The molecule has 9 nitrogen and oxygen atoms in total. The lowest BCUT2D eigenvalue weighted by Gasteiger charge is -2.21. The molecule has 2 amide bonds. The van der Waals surface area contributed by atoms with Crippen LogP contribution < -0.4 is 0 Å². The van der Waals surface area contributed by atoms with Crippen LogP contribution in [0.1, 0.15) is 38.4 Å². The molecule has 0 unspecified atom stereocenters. The molecule has 0 aliphatic carbocycles. The molecule has 2 rings (SSSR count). The number of ether oxygens (including phenoxy) is 2. The quantitative estimate of drug-likeness (QED) is 0.539. The van der Waals surface area contributed by atoms with Gasteiger partial charge in [-0.2, -0.15) is 0 Å². The van der Waals surface area contributed by atoms with Gasteiger partial charge in [-0.15, -0.1) is 5.06 Å². The molecule has 1 aromatic rings. The zero-order chi connectivity index (χ0) is 19.3. The number of nitrogens with zero attached hydrogens (tertiary/aromatic N) is 1. The molecule has 1 aliphatic heterocycles. The van der Waals surface area contributed by atoms with E-state index in [1.165, 1.54) is 19.1 Å². The minimum atomic E-state index is -1.54. The van der Waals surface area contributed by atoms with Gasteiger partial charge < -0.3 is 14.3 Å². The zero-order valence-corrected chi connectivity index (χ0v) is 14.2. The number of hydrogen-bond acceptors (Lipinski definition) is 8. The fourth-order valence-electron chi connectivity index (χ4n) is 2.18. The Labute approximate surface area is 148 Å². The van der Waals surface area contributed by atoms with E-state index in [9.17, 15) is 24.0 Å². The summed E-state index contributed by atoms with van der Waals surface area (Å²) < 4.78 is 9.81. The molecule has 9 heteroatoms. The Hall–Kier alpha value is -3.23. The Kier molecular flexibility index (Phi) is 6.05. The molecule has 138 valence electrons. The smallest absolute Gasteiger partial charge is 0.378 e. The van der Waals surface area contributed by atoms with Crippen molar-refractivity contribution in [3.05, 3.63) is 35.9 Å². The van der Waals surface area contributed by atoms with Gasteiger partial charge in [0.25, 0.3) is 11.8 Å². The molecular formula is C17H17NO8. The highest BCUT2D eigenvalue weighted by molar-refractivity contribution is 6.01. The summed E-state index contributed by atoms with van der Waals surface area (Å²) in [6.45, 7) is 2.40. The lowest BCUT2D eigenvalue weighted by molar-refractivity contribution is -0.207. The van der Waals surface area contributed by atoms with Crippen molar-refractivity contribution >= 4 is 29.7 Å². The number of imide groups is 1. The van der Waals surface area contributed by atoms with Crippen LogP contribution in [0.25, 0.3) is 0 Å². The number of hydrogen-bond donors (Lipinski definition) is 0. The van der Waals surface area contributed by atoms with E-state index in [2.05, 4.69) is 0 Å². The van der Waals surface area contributed by atoms with Crippen molar-refractivity contribution in [3.63, 3.8) is 0 Å². The van der Waals surface area contributed by atoms with Crippen molar-refractivity contribution < 1.29 is 38.3 Å². The molecule has 0 N–H and O–H groups in total. The van der Waals surface area contributed by atoms with Gasteiger partial charge in [0.15, 0.2) is 6.10 Å². The van der Waals surface area contributed by atoms with Gasteiger partial charge in [0.05, 0.1) is 0 Å². The van der Waals surface area contributed by atoms with Gasteiger partial charge >= 0.3 is 17.9 Å². The molecule has 1 aromatic carbocycles. The number of hydroxylamine groups is 2. The highest BCUT2D eigenvalue weighted by Gasteiger charge is 2.37. The van der Waals surface area contributed by atoms with Crippen LogP contribution in [0.5, 0.6) is 0 Å². The third kappa shape index (κ3) is 4.65. The highest BCUT2D eigenvalue weighted by atomic mass is 16.7. The summed E-state index contributed by atoms with van der Waals surface area (Å²) in [5.74, 6) is -4.11. The zero-order valence-electron chi connectivity index (χ0n) is 14.2. The summed E-state index contributed by atoms with van der Waals surface area (Å²) in [5, 5.41) is 0.363. The average Bonchev–Trinajstić information content (AvgIpc) is 2.91. The predicted molar refractivity (Wildman–Crippen MR) is 83.7 cm³/mol. The first kappa shape index (κ1) is 19.1. The number of amides is 2. The average molecular weight is 363 g/mol. The first-order valence-electron chi connectivity index (χ1n) is 7.80. The third-order valence-electron chi connectivity index (χ3n) is 3.41. The monoisotopic (exact) mass is 363 g/mol. The molecule has 0 bridgehead atoms. The molecule has 1 fully saturated rings. The lowest BCUT2D eigenvalue weighted by Crippen LogP contribution is -2.36. The number of carbonyl (C=O) groups is 5. The lowest BCUT2D eigenvalue weighted by atomic mass is 10.1. The third-order valence-corrected chi connectivity index (χ3v) is 3.41. The van der Waals surface area contributed by atoms with Gasteiger partial charge in [-0.3, -0.25) is 14.4 Å². The minimum Gasteiger partial charge on any atom is -0.451 e. The number of rotatable bonds is 6. The number of carbonyl (C=O) groups excluding carboxylic acids is 5. The maximum atomic E-state index is 12.4. The molecular weight excluding hydrogens is 346 g/mol. The highest BCUT2D eigenvalue weighted by Crippen LogP contribution is 2.22. The van der Waals surface area contributed by atoms with E-state index in [0.717, 1.165) is 6.92 Å². The summed E-state index contributed by atoms with van der Waals surface area (Å²) >= 11 is 0. The molecule has 26 heavy (non-hydrogen) atoms. The SMILES string of the molecule is CC(=O)O[C@@H](C)C(=O)O[C@H](C(=O)ON1C(=O)CCC1=O)c1ccccc1. The van der Waals surface area contributed by atoms with Crippen molar-refractivity contribution in [1.82, 2.24) is 5.06 Å². The van der Waals surface area contributed by atoms with Crippen molar-refractivity contribution in [1.29, 1.82) is 0 Å². The Morgan fingerprint density at radius 2 is 1.54 bits per heavy atom. The molecule has 1 heterocycles. The Bertz CT molecular complexity index is 714. The van der Waals surface area contributed by atoms with Crippen LogP contribution >= 0.6 is 0 Å². The second kappa shape index (κ2) is 8.24. The Morgan fingerprint density at radius 3 is 2.08 bits per heavy atom. The second-order valence-corrected chi connectivity index (χ2v) is 5.47. The van der Waals surface area contributed by atoms with Gasteiger partial charge in [0, 0.05) is 25.3 Å². The van der Waals surface area contributed by atoms with E-state index in [4.69, 9.17) is 14.3 Å². The van der Waals surface area contributed by atoms with Gasteiger partial charge in [0.1, 0.15) is 0 Å². The van der Waals surface area contributed by atoms with E-state index in [1.807, 2.05) is 0 Å². The first-order valence-corrected chi connectivity index (χ1v) is 7.80. The fourth-order valence-corrected chi connectivity index (χ4v) is 2.18. The van der Waals surface area contributed by atoms with E-state index in [-0.39, 0.29) is 18.4 Å². The van der Waals surface area contributed by atoms with E-state index < -0.39 is 41.9 Å². The van der Waals surface area contributed by atoms with Crippen LogP contribution in [-0.2, 0) is 38.3 Å². The molecule has 0 spiro atoms. The van der Waals surface area contributed by atoms with Gasteiger partial charge in [0.2, 0.25) is 6.10 Å². The molecule has 0 radical (unpaired) electrons. The van der Waals surface area contributed by atoms with Gasteiger partial charge in [-0.1, -0.05) is 30.3 Å². The molecule has 1 aliphatic rings. The van der Waals surface area contributed by atoms with Crippen LogP contribution in [0.15, 0.2) is 30.3 Å². The van der Waals surface area contributed by atoms with Crippen LogP contribution in [0.3, 0.4) is 0 Å². The predicted octanol–water partition coefficient (Wildman–Crippen LogP) is 0.830. The van der Waals surface area contributed by atoms with Gasteiger partial charge in [-0.25, -0.2) is 9.59 Å². The topological polar surface area (TPSA) is 116 Å². The van der Waals surface area contributed by atoms with Crippen LogP contribution in [0, 0.1) is 0 Å². The normalized spacial score (nSPS) is 16.0. The Balaban J connectivity index is 2.17. The summed E-state index contributed by atoms with van der Waals surface area (Å²) in [4.78, 5) is 63.5. The van der Waals surface area contributed by atoms with E-state index in [0.29, 0.717) is 5.06 Å². The maximum absolute atomic E-state index is 12.4. The summed E-state index contributed by atoms with van der Waals surface area (Å²) in [6, 6.07) is 7.89. The molecule has 2 atom stereocenters. The van der Waals surface area contributed by atoms with Crippen molar-refractivity contribution in [2.24, 2.45) is 0 Å².